The van der Waals surface area contributed by atoms with Gasteiger partial charge in [0.1, 0.15) is 0 Å². The predicted molar refractivity (Wildman–Crippen MR) is 80.4 cm³/mol. The van der Waals surface area contributed by atoms with Crippen LogP contribution in [0.5, 0.6) is 0 Å². The number of rotatable bonds is 4. The molecule has 1 fully saturated rings. The maximum Gasteiger partial charge on any atom is 0.317 e. The Hall–Kier alpha value is -1.59. The molecule has 1 heterocycles. The van der Waals surface area contributed by atoms with Gasteiger partial charge in [-0.1, -0.05) is 23.7 Å². The smallest absolute Gasteiger partial charge is 0.317 e. The van der Waals surface area contributed by atoms with Crippen molar-refractivity contribution in [1.29, 1.82) is 0 Å². The van der Waals surface area contributed by atoms with Gasteiger partial charge < -0.3 is 10.0 Å². The number of hydrogen-bond donors (Lipinski definition) is 1. The van der Waals surface area contributed by atoms with Gasteiger partial charge in [0.05, 0.1) is 13.0 Å². The molecule has 1 saturated heterocycles. The molecule has 1 amide bonds. The average Bonchev–Trinajstić information content (AvgIpc) is 2.66. The molecule has 1 aromatic rings. The van der Waals surface area contributed by atoms with Gasteiger partial charge in [-0.2, -0.15) is 0 Å². The zero-order valence-corrected chi connectivity index (χ0v) is 12.6. The molecule has 0 bridgehead atoms. The minimum absolute atomic E-state index is 0.0409. The van der Waals surface area contributed by atoms with E-state index in [4.69, 9.17) is 16.7 Å². The number of hydrogen-bond acceptors (Lipinski definition) is 3. The van der Waals surface area contributed by atoms with Crippen LogP contribution in [0, 0.1) is 0 Å². The SMILES string of the molecule is O=C(O)CN1CCCN(C(=O)Cc2ccc(Cl)cc2)CC1. The van der Waals surface area contributed by atoms with Gasteiger partial charge in [0, 0.05) is 31.2 Å². The maximum absolute atomic E-state index is 12.3. The fraction of sp³-hybridized carbons (Fsp3) is 0.467. The largest absolute Gasteiger partial charge is 0.480 e. The Kier molecular flexibility index (Phi) is 5.59. The monoisotopic (exact) mass is 310 g/mol. The molecule has 1 aliphatic rings. The Bertz CT molecular complexity index is 504. The first-order valence-electron chi connectivity index (χ1n) is 7.01. The van der Waals surface area contributed by atoms with Crippen molar-refractivity contribution in [3.8, 4) is 0 Å². The van der Waals surface area contributed by atoms with Crippen LogP contribution in [0.2, 0.25) is 5.02 Å². The van der Waals surface area contributed by atoms with E-state index < -0.39 is 5.97 Å². The molecule has 6 heteroatoms. The molecule has 21 heavy (non-hydrogen) atoms. The molecule has 2 rings (SSSR count). The van der Waals surface area contributed by atoms with Crippen LogP contribution in [-0.4, -0.2) is 59.5 Å². The van der Waals surface area contributed by atoms with Crippen LogP contribution in [0.3, 0.4) is 0 Å². The second kappa shape index (κ2) is 7.43. The summed E-state index contributed by atoms with van der Waals surface area (Å²) in [6, 6.07) is 7.27. The molecular weight excluding hydrogens is 292 g/mol. The number of amides is 1. The third kappa shape index (κ3) is 5.02. The standard InChI is InChI=1S/C15H19ClN2O3/c16-13-4-2-12(3-5-13)10-14(19)18-7-1-6-17(8-9-18)11-15(20)21/h2-5H,1,6-11H2,(H,20,21). The zero-order valence-electron chi connectivity index (χ0n) is 11.8. The lowest BCUT2D eigenvalue weighted by Gasteiger charge is -2.21. The first-order valence-corrected chi connectivity index (χ1v) is 7.39. The number of aliphatic carboxylic acids is 1. The summed E-state index contributed by atoms with van der Waals surface area (Å²) < 4.78 is 0. The molecule has 114 valence electrons. The van der Waals surface area contributed by atoms with Gasteiger partial charge in [-0.25, -0.2) is 0 Å². The normalized spacial score (nSPS) is 16.5. The van der Waals surface area contributed by atoms with E-state index in [1.54, 1.807) is 12.1 Å². The van der Waals surface area contributed by atoms with Crippen molar-refractivity contribution in [2.45, 2.75) is 12.8 Å². The molecule has 0 atom stereocenters. The van der Waals surface area contributed by atoms with E-state index in [2.05, 4.69) is 0 Å². The third-order valence-electron chi connectivity index (χ3n) is 3.57. The van der Waals surface area contributed by atoms with Gasteiger partial charge in [-0.15, -0.1) is 0 Å². The van der Waals surface area contributed by atoms with Gasteiger partial charge in [-0.05, 0) is 24.1 Å². The highest BCUT2D eigenvalue weighted by atomic mass is 35.5. The molecule has 0 aliphatic carbocycles. The summed E-state index contributed by atoms with van der Waals surface area (Å²) in [5, 5.41) is 9.47. The van der Waals surface area contributed by atoms with Crippen molar-refractivity contribution in [2.24, 2.45) is 0 Å². The molecule has 1 aliphatic heterocycles. The van der Waals surface area contributed by atoms with E-state index in [1.165, 1.54) is 0 Å². The third-order valence-corrected chi connectivity index (χ3v) is 3.82. The summed E-state index contributed by atoms with van der Waals surface area (Å²) in [6.07, 6.45) is 1.16. The van der Waals surface area contributed by atoms with Crippen molar-refractivity contribution >= 4 is 23.5 Å². The van der Waals surface area contributed by atoms with Gasteiger partial charge >= 0.3 is 5.97 Å². The molecule has 0 aromatic heterocycles. The highest BCUT2D eigenvalue weighted by molar-refractivity contribution is 6.30. The molecule has 0 radical (unpaired) electrons. The van der Waals surface area contributed by atoms with Gasteiger partial charge in [0.2, 0.25) is 5.91 Å². The van der Waals surface area contributed by atoms with E-state index >= 15 is 0 Å². The van der Waals surface area contributed by atoms with E-state index in [0.29, 0.717) is 31.1 Å². The topological polar surface area (TPSA) is 60.9 Å². The Balaban J connectivity index is 1.88. The van der Waals surface area contributed by atoms with Crippen LogP contribution >= 0.6 is 11.6 Å². The van der Waals surface area contributed by atoms with Crippen LogP contribution < -0.4 is 0 Å². The van der Waals surface area contributed by atoms with Crippen LogP contribution in [0.15, 0.2) is 24.3 Å². The summed E-state index contributed by atoms with van der Waals surface area (Å²) in [6.45, 7) is 2.64. The number of carboxylic acid groups (broad SMARTS) is 1. The highest BCUT2D eigenvalue weighted by Crippen LogP contribution is 2.12. The van der Waals surface area contributed by atoms with Gasteiger partial charge in [-0.3, -0.25) is 14.5 Å². The Morgan fingerprint density at radius 1 is 1.10 bits per heavy atom. The molecule has 0 spiro atoms. The van der Waals surface area contributed by atoms with Crippen molar-refractivity contribution in [3.05, 3.63) is 34.9 Å². The van der Waals surface area contributed by atoms with Crippen molar-refractivity contribution in [3.63, 3.8) is 0 Å². The lowest BCUT2D eigenvalue weighted by atomic mass is 10.1. The fourth-order valence-corrected chi connectivity index (χ4v) is 2.58. The average molecular weight is 311 g/mol. The fourth-order valence-electron chi connectivity index (χ4n) is 2.46. The quantitative estimate of drug-likeness (QED) is 0.915. The summed E-state index contributed by atoms with van der Waals surface area (Å²) >= 11 is 5.83. The Labute approximate surface area is 129 Å². The van der Waals surface area contributed by atoms with Crippen LogP contribution in [-0.2, 0) is 16.0 Å². The van der Waals surface area contributed by atoms with Crippen LogP contribution in [0.4, 0.5) is 0 Å². The predicted octanol–water partition coefficient (Wildman–Crippen LogP) is 1.50. The summed E-state index contributed by atoms with van der Waals surface area (Å²) in [7, 11) is 0. The molecular formula is C15H19ClN2O3. The number of halogens is 1. The van der Waals surface area contributed by atoms with E-state index in [1.807, 2.05) is 21.9 Å². The second-order valence-electron chi connectivity index (χ2n) is 5.21. The maximum atomic E-state index is 12.3. The number of carbonyl (C=O) groups excluding carboxylic acids is 1. The Morgan fingerprint density at radius 2 is 1.81 bits per heavy atom. The Morgan fingerprint density at radius 3 is 2.48 bits per heavy atom. The number of benzene rings is 1. The van der Waals surface area contributed by atoms with Crippen molar-refractivity contribution < 1.29 is 14.7 Å². The first kappa shape index (κ1) is 15.8. The lowest BCUT2D eigenvalue weighted by Crippen LogP contribution is -2.37. The molecule has 5 nitrogen and oxygen atoms in total. The lowest BCUT2D eigenvalue weighted by molar-refractivity contribution is -0.138. The minimum Gasteiger partial charge on any atom is -0.480 e. The molecule has 1 N–H and O–H groups in total. The zero-order chi connectivity index (χ0) is 15.2. The van der Waals surface area contributed by atoms with E-state index in [-0.39, 0.29) is 12.5 Å². The highest BCUT2D eigenvalue weighted by Gasteiger charge is 2.20. The molecule has 1 aromatic carbocycles. The van der Waals surface area contributed by atoms with Crippen LogP contribution in [0.25, 0.3) is 0 Å². The first-order chi connectivity index (χ1) is 10.0. The van der Waals surface area contributed by atoms with Crippen molar-refractivity contribution in [1.82, 2.24) is 9.80 Å². The minimum atomic E-state index is -0.823. The van der Waals surface area contributed by atoms with E-state index in [9.17, 15) is 9.59 Å². The second-order valence-corrected chi connectivity index (χ2v) is 5.64. The summed E-state index contributed by atoms with van der Waals surface area (Å²) in [4.78, 5) is 26.7. The van der Waals surface area contributed by atoms with Crippen molar-refractivity contribution in [2.75, 3.05) is 32.7 Å². The summed E-state index contributed by atoms with van der Waals surface area (Å²) in [5.41, 5.74) is 0.941. The van der Waals surface area contributed by atoms with E-state index in [0.717, 1.165) is 18.5 Å². The van der Waals surface area contributed by atoms with Crippen LogP contribution in [0.1, 0.15) is 12.0 Å². The van der Waals surface area contributed by atoms with Gasteiger partial charge in [0.15, 0.2) is 0 Å². The molecule has 0 saturated carbocycles. The molecule has 0 unspecified atom stereocenters. The number of nitrogens with zero attached hydrogens (tertiary/aromatic N) is 2. The number of carbonyl (C=O) groups is 2. The number of carboxylic acids is 1. The summed E-state index contributed by atoms with van der Waals surface area (Å²) in [5.74, 6) is -0.745. The van der Waals surface area contributed by atoms with Gasteiger partial charge in [0.25, 0.3) is 0 Å².